The Morgan fingerprint density at radius 2 is 0.893 bits per heavy atom. The van der Waals surface area contributed by atoms with Crippen LogP contribution in [0.3, 0.4) is 0 Å². The van der Waals surface area contributed by atoms with Crippen molar-refractivity contribution in [1.29, 1.82) is 0 Å². The fourth-order valence-electron chi connectivity index (χ4n) is 3.26. The summed E-state index contributed by atoms with van der Waals surface area (Å²) in [5.41, 5.74) is 1.41. The fourth-order valence-corrected chi connectivity index (χ4v) is 3.26. The molecule has 0 bridgehead atoms. The lowest BCUT2D eigenvalue weighted by Gasteiger charge is -2.30. The normalized spacial score (nSPS) is 15.3. The van der Waals surface area contributed by atoms with Crippen LogP contribution in [-0.2, 0) is 0 Å². The minimum absolute atomic E-state index is 0.221. The van der Waals surface area contributed by atoms with E-state index >= 15 is 0 Å². The number of benzene rings is 2. The molecule has 0 spiro atoms. The zero-order valence-corrected chi connectivity index (χ0v) is 17.3. The second-order valence-corrected chi connectivity index (χ2v) is 6.84. The Kier molecular flexibility index (Phi) is 7.54. The van der Waals surface area contributed by atoms with Gasteiger partial charge in [-0.2, -0.15) is 0 Å². The van der Waals surface area contributed by atoms with Gasteiger partial charge in [0, 0.05) is 0 Å². The average molecular weight is 390 g/mol. The Morgan fingerprint density at radius 1 is 0.571 bits per heavy atom. The fraction of sp³-hybridized carbons (Fsp3) is 0.455. The van der Waals surface area contributed by atoms with Gasteiger partial charge in [0.1, 0.15) is 0 Å². The molecule has 2 rings (SSSR count). The van der Waals surface area contributed by atoms with E-state index in [4.69, 9.17) is 18.9 Å². The van der Waals surface area contributed by atoms with Crippen LogP contribution in [0.5, 0.6) is 23.0 Å². The first-order valence-electron chi connectivity index (χ1n) is 9.17. The van der Waals surface area contributed by atoms with Crippen LogP contribution in [0, 0.1) is 11.8 Å². The van der Waals surface area contributed by atoms with Gasteiger partial charge in [-0.3, -0.25) is 0 Å². The first-order valence-corrected chi connectivity index (χ1v) is 9.17. The number of hydrogen-bond acceptors (Lipinski definition) is 6. The largest absolute Gasteiger partial charge is 0.493 e. The van der Waals surface area contributed by atoms with E-state index in [1.54, 1.807) is 64.8 Å². The highest BCUT2D eigenvalue weighted by Gasteiger charge is 2.29. The summed E-state index contributed by atoms with van der Waals surface area (Å²) in [6.07, 6.45) is -1.55. The molecule has 0 heterocycles. The van der Waals surface area contributed by atoms with Crippen LogP contribution in [0.4, 0.5) is 0 Å². The van der Waals surface area contributed by atoms with Crippen LogP contribution >= 0.6 is 0 Å². The van der Waals surface area contributed by atoms with Crippen molar-refractivity contribution in [1.82, 2.24) is 0 Å². The molecule has 4 atom stereocenters. The topological polar surface area (TPSA) is 77.4 Å². The molecule has 2 aromatic rings. The third-order valence-electron chi connectivity index (χ3n) is 5.32. The molecule has 0 unspecified atom stereocenters. The molecule has 0 saturated carbocycles. The van der Waals surface area contributed by atoms with Crippen molar-refractivity contribution in [2.45, 2.75) is 26.1 Å². The molecule has 6 heteroatoms. The molecule has 0 radical (unpaired) electrons. The highest BCUT2D eigenvalue weighted by molar-refractivity contribution is 5.44. The summed E-state index contributed by atoms with van der Waals surface area (Å²) in [5.74, 6) is 1.87. The van der Waals surface area contributed by atoms with Crippen molar-refractivity contribution in [2.75, 3.05) is 28.4 Å². The minimum atomic E-state index is -0.774. The van der Waals surface area contributed by atoms with Gasteiger partial charge in [-0.15, -0.1) is 0 Å². The first-order chi connectivity index (χ1) is 13.4. The molecule has 2 aromatic carbocycles. The highest BCUT2D eigenvalue weighted by Crippen LogP contribution is 2.39. The first kappa shape index (κ1) is 21.9. The molecule has 154 valence electrons. The standard InChI is InChI=1S/C22H30O6/c1-13(21(23)15-7-9-17(25-3)19(11-15)27-5)14(2)22(24)16-8-10-18(26-4)20(12-16)28-6/h7-14,21-24H,1-6H3/t13-,14-,21-,22+/m1/s1. The van der Waals surface area contributed by atoms with E-state index in [0.717, 1.165) is 0 Å². The summed E-state index contributed by atoms with van der Waals surface area (Å²) in [6.45, 7) is 3.83. The molecule has 0 amide bonds. The molecule has 28 heavy (non-hydrogen) atoms. The number of aliphatic hydroxyl groups excluding tert-OH is 2. The van der Waals surface area contributed by atoms with Crippen molar-refractivity contribution >= 4 is 0 Å². The highest BCUT2D eigenvalue weighted by atomic mass is 16.5. The van der Waals surface area contributed by atoms with Crippen LogP contribution in [0.15, 0.2) is 36.4 Å². The Bertz CT molecular complexity index is 710. The number of ether oxygens (including phenoxy) is 4. The van der Waals surface area contributed by atoms with Gasteiger partial charge in [0.15, 0.2) is 23.0 Å². The van der Waals surface area contributed by atoms with E-state index in [9.17, 15) is 10.2 Å². The molecule has 0 aliphatic heterocycles. The summed E-state index contributed by atoms with van der Waals surface area (Å²) in [6, 6.07) is 10.7. The maximum atomic E-state index is 10.9. The second kappa shape index (κ2) is 9.66. The van der Waals surface area contributed by atoms with E-state index in [0.29, 0.717) is 34.1 Å². The van der Waals surface area contributed by atoms with Gasteiger partial charge in [-0.1, -0.05) is 26.0 Å². The lowest BCUT2D eigenvalue weighted by Crippen LogP contribution is -2.23. The van der Waals surface area contributed by atoms with Crippen molar-refractivity contribution in [3.05, 3.63) is 47.5 Å². The summed E-state index contributed by atoms with van der Waals surface area (Å²) >= 11 is 0. The molecule has 0 aromatic heterocycles. The van der Waals surface area contributed by atoms with E-state index < -0.39 is 12.2 Å². The van der Waals surface area contributed by atoms with Crippen molar-refractivity contribution in [3.8, 4) is 23.0 Å². The molecular weight excluding hydrogens is 360 g/mol. The van der Waals surface area contributed by atoms with Crippen LogP contribution in [-0.4, -0.2) is 38.7 Å². The van der Waals surface area contributed by atoms with Crippen LogP contribution in [0.2, 0.25) is 0 Å². The molecule has 0 saturated heterocycles. The number of aliphatic hydroxyl groups is 2. The van der Waals surface area contributed by atoms with Crippen LogP contribution in [0.1, 0.15) is 37.2 Å². The number of rotatable bonds is 9. The molecule has 0 aliphatic rings. The van der Waals surface area contributed by atoms with E-state index in [1.165, 1.54) is 0 Å². The molecule has 0 aliphatic carbocycles. The SMILES string of the molecule is COc1ccc([C@@H](O)[C@H](C)[C@@H](C)[C@@H](O)c2ccc(OC)c(OC)c2)cc1OC. The Labute approximate surface area is 166 Å². The van der Waals surface area contributed by atoms with Crippen molar-refractivity contribution in [3.63, 3.8) is 0 Å². The van der Waals surface area contributed by atoms with Gasteiger partial charge in [0.2, 0.25) is 0 Å². The number of methoxy groups -OCH3 is 4. The van der Waals surface area contributed by atoms with Gasteiger partial charge in [0.05, 0.1) is 40.6 Å². The molecular formula is C22H30O6. The minimum Gasteiger partial charge on any atom is -0.493 e. The Morgan fingerprint density at radius 3 is 1.18 bits per heavy atom. The third kappa shape index (κ3) is 4.51. The quantitative estimate of drug-likeness (QED) is 0.679. The number of hydrogen-bond donors (Lipinski definition) is 2. The summed E-state index contributed by atoms with van der Waals surface area (Å²) in [4.78, 5) is 0. The zero-order chi connectivity index (χ0) is 20.8. The van der Waals surface area contributed by atoms with Gasteiger partial charge < -0.3 is 29.2 Å². The smallest absolute Gasteiger partial charge is 0.161 e. The molecule has 2 N–H and O–H groups in total. The lowest BCUT2D eigenvalue weighted by molar-refractivity contribution is 0.0209. The van der Waals surface area contributed by atoms with Gasteiger partial charge in [0.25, 0.3) is 0 Å². The Balaban J connectivity index is 2.22. The van der Waals surface area contributed by atoms with Gasteiger partial charge in [-0.05, 0) is 47.2 Å². The van der Waals surface area contributed by atoms with Gasteiger partial charge >= 0.3 is 0 Å². The lowest BCUT2D eigenvalue weighted by atomic mass is 9.81. The predicted molar refractivity (Wildman–Crippen MR) is 107 cm³/mol. The second-order valence-electron chi connectivity index (χ2n) is 6.84. The van der Waals surface area contributed by atoms with E-state index in [1.807, 2.05) is 13.8 Å². The molecule has 0 fully saturated rings. The third-order valence-corrected chi connectivity index (χ3v) is 5.32. The monoisotopic (exact) mass is 390 g/mol. The Hall–Kier alpha value is -2.44. The van der Waals surface area contributed by atoms with Gasteiger partial charge in [-0.25, -0.2) is 0 Å². The van der Waals surface area contributed by atoms with E-state index in [2.05, 4.69) is 0 Å². The zero-order valence-electron chi connectivity index (χ0n) is 17.3. The maximum absolute atomic E-state index is 10.9. The van der Waals surface area contributed by atoms with Crippen LogP contribution < -0.4 is 18.9 Å². The van der Waals surface area contributed by atoms with E-state index in [-0.39, 0.29) is 11.8 Å². The summed E-state index contributed by atoms with van der Waals surface area (Å²) < 4.78 is 21.1. The maximum Gasteiger partial charge on any atom is 0.161 e. The predicted octanol–water partition coefficient (Wildman–Crippen LogP) is 3.76. The summed E-state index contributed by atoms with van der Waals surface area (Å²) in [5, 5.41) is 21.7. The van der Waals surface area contributed by atoms with Crippen LogP contribution in [0.25, 0.3) is 0 Å². The average Bonchev–Trinajstić information content (AvgIpc) is 2.75. The van der Waals surface area contributed by atoms with Crippen molar-refractivity contribution in [2.24, 2.45) is 11.8 Å². The summed E-state index contributed by atoms with van der Waals surface area (Å²) in [7, 11) is 6.25. The van der Waals surface area contributed by atoms with Crippen molar-refractivity contribution < 1.29 is 29.2 Å². The molecule has 6 nitrogen and oxygen atoms in total.